The Balaban J connectivity index is 2.15. The highest BCUT2D eigenvalue weighted by atomic mass is 32.1. The summed E-state index contributed by atoms with van der Waals surface area (Å²) in [7, 11) is 0. The monoisotopic (exact) mass is 309 g/mol. The van der Waals surface area contributed by atoms with Crippen molar-refractivity contribution < 1.29 is 14.7 Å². The van der Waals surface area contributed by atoms with Crippen LogP contribution in [0.5, 0.6) is 0 Å². The van der Waals surface area contributed by atoms with Crippen molar-refractivity contribution >= 4 is 23.2 Å². The van der Waals surface area contributed by atoms with Crippen LogP contribution in [0.25, 0.3) is 0 Å². The first-order valence-corrected chi connectivity index (χ1v) is 8.41. The van der Waals surface area contributed by atoms with E-state index >= 15 is 0 Å². The molecule has 1 fully saturated rings. The van der Waals surface area contributed by atoms with Gasteiger partial charge in [-0.25, -0.2) is 0 Å². The number of hydrogen-bond donors (Lipinski definition) is 2. The summed E-state index contributed by atoms with van der Waals surface area (Å²) in [5.74, 6) is -0.959. The van der Waals surface area contributed by atoms with Gasteiger partial charge < -0.3 is 10.4 Å². The summed E-state index contributed by atoms with van der Waals surface area (Å²) >= 11 is 1.51. The Kier molecular flexibility index (Phi) is 5.04. The quantitative estimate of drug-likeness (QED) is 0.874. The third kappa shape index (κ3) is 3.84. The standard InChI is InChI=1S/C16H23NO3S/c1-3-12-11(2)9-13(21-12)15(20)17-16(10-14(18)19)7-5-4-6-8-16/h9H,3-8,10H2,1-2H3,(H,17,20)(H,18,19). The first-order chi connectivity index (χ1) is 9.96. The molecular weight excluding hydrogens is 286 g/mol. The van der Waals surface area contributed by atoms with Gasteiger partial charge >= 0.3 is 5.97 Å². The molecule has 0 aliphatic heterocycles. The van der Waals surface area contributed by atoms with Crippen LogP contribution in [0.15, 0.2) is 6.07 Å². The van der Waals surface area contributed by atoms with Crippen molar-refractivity contribution in [3.63, 3.8) is 0 Å². The Hall–Kier alpha value is -1.36. The summed E-state index contributed by atoms with van der Waals surface area (Å²) in [6, 6.07) is 1.91. The fraction of sp³-hybridized carbons (Fsp3) is 0.625. The van der Waals surface area contributed by atoms with Crippen LogP contribution in [0.3, 0.4) is 0 Å². The molecule has 1 aromatic rings. The highest BCUT2D eigenvalue weighted by Gasteiger charge is 2.36. The lowest BCUT2D eigenvalue weighted by Crippen LogP contribution is -2.50. The molecular formula is C16H23NO3S. The Morgan fingerprint density at radius 1 is 1.33 bits per heavy atom. The Morgan fingerprint density at radius 3 is 2.52 bits per heavy atom. The van der Waals surface area contributed by atoms with Crippen molar-refractivity contribution in [1.29, 1.82) is 0 Å². The summed E-state index contributed by atoms with van der Waals surface area (Å²) in [6.07, 6.45) is 5.55. The van der Waals surface area contributed by atoms with Gasteiger partial charge in [-0.1, -0.05) is 26.2 Å². The summed E-state index contributed by atoms with van der Waals surface area (Å²) < 4.78 is 0. The minimum Gasteiger partial charge on any atom is -0.481 e. The summed E-state index contributed by atoms with van der Waals surface area (Å²) in [5, 5.41) is 12.2. The fourth-order valence-electron chi connectivity index (χ4n) is 3.15. The molecule has 0 atom stereocenters. The topological polar surface area (TPSA) is 66.4 Å². The van der Waals surface area contributed by atoms with E-state index in [9.17, 15) is 9.59 Å². The number of hydrogen-bond acceptors (Lipinski definition) is 3. The van der Waals surface area contributed by atoms with E-state index in [1.54, 1.807) is 0 Å². The van der Waals surface area contributed by atoms with Crippen molar-refractivity contribution in [2.24, 2.45) is 0 Å². The van der Waals surface area contributed by atoms with Gasteiger partial charge in [-0.15, -0.1) is 11.3 Å². The van der Waals surface area contributed by atoms with Gasteiger partial charge in [0.15, 0.2) is 0 Å². The number of nitrogens with one attached hydrogen (secondary N) is 1. The highest BCUT2D eigenvalue weighted by molar-refractivity contribution is 7.14. The Morgan fingerprint density at radius 2 is 2.00 bits per heavy atom. The first kappa shape index (κ1) is 16.0. The van der Waals surface area contributed by atoms with Crippen LogP contribution in [0.1, 0.15) is 65.6 Å². The normalized spacial score (nSPS) is 17.4. The van der Waals surface area contributed by atoms with Crippen LogP contribution in [0.2, 0.25) is 0 Å². The molecule has 1 aromatic heterocycles. The molecule has 1 saturated carbocycles. The molecule has 0 radical (unpaired) electrons. The molecule has 0 spiro atoms. The zero-order valence-corrected chi connectivity index (χ0v) is 13.5. The van der Waals surface area contributed by atoms with Gasteiger partial charge in [-0.3, -0.25) is 9.59 Å². The zero-order valence-electron chi connectivity index (χ0n) is 12.7. The molecule has 1 amide bonds. The number of rotatable bonds is 5. The summed E-state index contributed by atoms with van der Waals surface area (Å²) in [4.78, 5) is 25.5. The van der Waals surface area contributed by atoms with E-state index in [-0.39, 0.29) is 12.3 Å². The zero-order chi connectivity index (χ0) is 15.5. The molecule has 0 aromatic carbocycles. The lowest BCUT2D eigenvalue weighted by Gasteiger charge is -2.36. The second-order valence-electron chi connectivity index (χ2n) is 5.94. The second kappa shape index (κ2) is 6.60. The summed E-state index contributed by atoms with van der Waals surface area (Å²) in [5.41, 5.74) is 0.578. The molecule has 1 aliphatic carbocycles. The van der Waals surface area contributed by atoms with Crippen LogP contribution in [0, 0.1) is 6.92 Å². The Bertz CT molecular complexity index is 530. The average Bonchev–Trinajstić information content (AvgIpc) is 2.80. The van der Waals surface area contributed by atoms with E-state index in [1.807, 2.05) is 13.0 Å². The van der Waals surface area contributed by atoms with Gasteiger partial charge in [0.05, 0.1) is 16.8 Å². The number of amides is 1. The first-order valence-electron chi connectivity index (χ1n) is 7.59. The number of aliphatic carboxylic acids is 1. The maximum Gasteiger partial charge on any atom is 0.305 e. The van der Waals surface area contributed by atoms with E-state index < -0.39 is 11.5 Å². The number of carbonyl (C=O) groups excluding carboxylic acids is 1. The van der Waals surface area contributed by atoms with Crippen molar-refractivity contribution in [1.82, 2.24) is 5.32 Å². The van der Waals surface area contributed by atoms with Crippen molar-refractivity contribution in [3.05, 3.63) is 21.4 Å². The smallest absolute Gasteiger partial charge is 0.305 e. The van der Waals surface area contributed by atoms with Gasteiger partial charge in [0.1, 0.15) is 0 Å². The van der Waals surface area contributed by atoms with Crippen molar-refractivity contribution in [2.45, 2.75) is 64.3 Å². The van der Waals surface area contributed by atoms with Gasteiger partial charge in [0.25, 0.3) is 5.91 Å². The predicted octanol–water partition coefficient (Wildman–Crippen LogP) is 3.53. The molecule has 0 unspecified atom stereocenters. The number of thiophene rings is 1. The predicted molar refractivity (Wildman–Crippen MR) is 84.0 cm³/mol. The number of carbonyl (C=O) groups is 2. The molecule has 2 N–H and O–H groups in total. The maximum absolute atomic E-state index is 12.5. The molecule has 0 saturated heterocycles. The maximum atomic E-state index is 12.5. The highest BCUT2D eigenvalue weighted by Crippen LogP contribution is 2.32. The van der Waals surface area contributed by atoms with Crippen LogP contribution < -0.4 is 5.32 Å². The molecule has 0 bridgehead atoms. The lowest BCUT2D eigenvalue weighted by molar-refractivity contribution is -0.139. The van der Waals surface area contributed by atoms with Gasteiger partial charge in [-0.2, -0.15) is 0 Å². The lowest BCUT2D eigenvalue weighted by atomic mass is 9.79. The minimum atomic E-state index is -0.839. The molecule has 1 aliphatic rings. The number of aryl methyl sites for hydroxylation is 2. The third-order valence-corrected chi connectivity index (χ3v) is 5.62. The van der Waals surface area contributed by atoms with Crippen molar-refractivity contribution in [3.8, 4) is 0 Å². The van der Waals surface area contributed by atoms with Crippen LogP contribution in [-0.2, 0) is 11.2 Å². The van der Waals surface area contributed by atoms with Gasteiger partial charge in [0.2, 0.25) is 0 Å². The third-order valence-electron chi connectivity index (χ3n) is 4.24. The molecule has 5 heteroatoms. The minimum absolute atomic E-state index is 0.0176. The number of carboxylic acid groups (broad SMARTS) is 1. The summed E-state index contributed by atoms with van der Waals surface area (Å²) in [6.45, 7) is 4.09. The van der Waals surface area contributed by atoms with E-state index in [0.29, 0.717) is 4.88 Å². The van der Waals surface area contributed by atoms with E-state index in [0.717, 1.165) is 44.1 Å². The van der Waals surface area contributed by atoms with E-state index in [1.165, 1.54) is 16.2 Å². The van der Waals surface area contributed by atoms with E-state index in [4.69, 9.17) is 5.11 Å². The molecule has 2 rings (SSSR count). The van der Waals surface area contributed by atoms with E-state index in [2.05, 4.69) is 12.2 Å². The van der Waals surface area contributed by atoms with Crippen LogP contribution in [0.4, 0.5) is 0 Å². The Labute approximate surface area is 129 Å². The van der Waals surface area contributed by atoms with Crippen LogP contribution in [-0.4, -0.2) is 22.5 Å². The molecule has 21 heavy (non-hydrogen) atoms. The average molecular weight is 309 g/mol. The molecule has 4 nitrogen and oxygen atoms in total. The van der Waals surface area contributed by atoms with Crippen molar-refractivity contribution in [2.75, 3.05) is 0 Å². The number of carboxylic acids is 1. The largest absolute Gasteiger partial charge is 0.481 e. The molecule has 116 valence electrons. The van der Waals surface area contributed by atoms with Gasteiger partial charge in [0, 0.05) is 4.88 Å². The van der Waals surface area contributed by atoms with Gasteiger partial charge in [-0.05, 0) is 37.8 Å². The molecule has 1 heterocycles. The second-order valence-corrected chi connectivity index (χ2v) is 7.07. The SMILES string of the molecule is CCc1sc(C(=O)NC2(CC(=O)O)CCCCC2)cc1C. The van der Waals surface area contributed by atoms with Crippen LogP contribution >= 0.6 is 11.3 Å². The fourth-order valence-corrected chi connectivity index (χ4v) is 4.16.